The van der Waals surface area contributed by atoms with Gasteiger partial charge in [0.15, 0.2) is 0 Å². The molecule has 1 fully saturated rings. The number of nitrogens with one attached hydrogen (secondary N) is 1. The highest BCUT2D eigenvalue weighted by Crippen LogP contribution is 2.24. The van der Waals surface area contributed by atoms with Gasteiger partial charge in [-0.15, -0.1) is 11.3 Å². The molecule has 1 saturated carbocycles. The Bertz CT molecular complexity index is 327. The Morgan fingerprint density at radius 3 is 2.65 bits per heavy atom. The second-order valence-corrected chi connectivity index (χ2v) is 6.52. The molecule has 0 aliphatic heterocycles. The van der Waals surface area contributed by atoms with Crippen LogP contribution in [0, 0.1) is 5.92 Å². The third-order valence-electron chi connectivity index (χ3n) is 3.53. The Balaban J connectivity index is 1.81. The molecule has 1 aliphatic carbocycles. The van der Waals surface area contributed by atoms with Crippen LogP contribution >= 0.6 is 11.3 Å². The van der Waals surface area contributed by atoms with Crippen molar-refractivity contribution in [2.75, 3.05) is 6.54 Å². The highest BCUT2D eigenvalue weighted by Gasteiger charge is 2.21. The van der Waals surface area contributed by atoms with E-state index in [1.165, 1.54) is 49.9 Å². The molecule has 2 rings (SSSR count). The van der Waals surface area contributed by atoms with Crippen LogP contribution in [0.5, 0.6) is 0 Å². The standard InChI is InChI=1S/C15H25NS/c1-3-5-12(11-16-13-6-7-13)10-15-9-8-14(4-2)17-15/h8-9,12-13,16H,3-7,10-11H2,1-2H3. The first-order chi connectivity index (χ1) is 8.31. The molecule has 1 aromatic heterocycles. The van der Waals surface area contributed by atoms with Crippen LogP contribution in [0.3, 0.4) is 0 Å². The van der Waals surface area contributed by atoms with Crippen molar-refractivity contribution in [1.82, 2.24) is 5.32 Å². The van der Waals surface area contributed by atoms with Crippen LogP contribution in [0.25, 0.3) is 0 Å². The summed E-state index contributed by atoms with van der Waals surface area (Å²) in [5, 5.41) is 3.69. The summed E-state index contributed by atoms with van der Waals surface area (Å²) in [6, 6.07) is 5.49. The molecule has 1 atom stereocenters. The van der Waals surface area contributed by atoms with E-state index in [1.54, 1.807) is 4.88 Å². The van der Waals surface area contributed by atoms with E-state index < -0.39 is 0 Å². The molecule has 1 unspecified atom stereocenters. The Labute approximate surface area is 110 Å². The lowest BCUT2D eigenvalue weighted by Crippen LogP contribution is -2.25. The summed E-state index contributed by atoms with van der Waals surface area (Å²) in [6.07, 6.45) is 7.93. The molecule has 1 aromatic rings. The average molecular weight is 251 g/mol. The van der Waals surface area contributed by atoms with E-state index in [-0.39, 0.29) is 0 Å². The van der Waals surface area contributed by atoms with Gasteiger partial charge in [-0.25, -0.2) is 0 Å². The maximum Gasteiger partial charge on any atom is 0.00683 e. The van der Waals surface area contributed by atoms with E-state index >= 15 is 0 Å². The number of hydrogen-bond acceptors (Lipinski definition) is 2. The van der Waals surface area contributed by atoms with Gasteiger partial charge in [-0.3, -0.25) is 0 Å². The quantitative estimate of drug-likeness (QED) is 0.736. The molecule has 0 bridgehead atoms. The molecular weight excluding hydrogens is 226 g/mol. The van der Waals surface area contributed by atoms with Gasteiger partial charge in [0.05, 0.1) is 0 Å². The Hall–Kier alpha value is -0.340. The Morgan fingerprint density at radius 2 is 2.06 bits per heavy atom. The van der Waals surface area contributed by atoms with Crippen LogP contribution in [0.1, 0.15) is 49.3 Å². The second kappa shape index (κ2) is 6.55. The maximum atomic E-state index is 3.69. The average Bonchev–Trinajstić information content (AvgIpc) is 3.05. The first-order valence-electron chi connectivity index (χ1n) is 7.12. The van der Waals surface area contributed by atoms with Crippen LogP contribution in [-0.2, 0) is 12.8 Å². The summed E-state index contributed by atoms with van der Waals surface area (Å²) in [7, 11) is 0. The molecule has 96 valence electrons. The largest absolute Gasteiger partial charge is 0.314 e. The first-order valence-corrected chi connectivity index (χ1v) is 7.94. The number of aryl methyl sites for hydroxylation is 1. The Kier molecular flexibility index (Phi) is 5.05. The summed E-state index contributed by atoms with van der Waals surface area (Å²) in [6.45, 7) is 5.77. The fourth-order valence-corrected chi connectivity index (χ4v) is 3.38. The van der Waals surface area contributed by atoms with Crippen molar-refractivity contribution >= 4 is 11.3 Å². The second-order valence-electron chi connectivity index (χ2n) is 5.26. The van der Waals surface area contributed by atoms with Gasteiger partial charge < -0.3 is 5.32 Å². The highest BCUT2D eigenvalue weighted by atomic mass is 32.1. The van der Waals surface area contributed by atoms with E-state index in [1.807, 2.05) is 11.3 Å². The maximum absolute atomic E-state index is 3.69. The molecule has 0 spiro atoms. The first kappa shape index (κ1) is 13.1. The van der Waals surface area contributed by atoms with E-state index in [0.29, 0.717) is 0 Å². The third kappa shape index (κ3) is 4.44. The van der Waals surface area contributed by atoms with Crippen molar-refractivity contribution in [2.24, 2.45) is 5.92 Å². The van der Waals surface area contributed by atoms with Crippen molar-refractivity contribution in [2.45, 2.75) is 58.4 Å². The number of hydrogen-bond donors (Lipinski definition) is 1. The van der Waals surface area contributed by atoms with Gasteiger partial charge in [0.2, 0.25) is 0 Å². The molecule has 1 nitrogen and oxygen atoms in total. The van der Waals surface area contributed by atoms with Crippen LogP contribution in [0.4, 0.5) is 0 Å². The summed E-state index contributed by atoms with van der Waals surface area (Å²) in [4.78, 5) is 3.11. The molecule has 1 N–H and O–H groups in total. The molecule has 17 heavy (non-hydrogen) atoms. The topological polar surface area (TPSA) is 12.0 Å². The van der Waals surface area contributed by atoms with Crippen LogP contribution in [0.15, 0.2) is 12.1 Å². The monoisotopic (exact) mass is 251 g/mol. The smallest absolute Gasteiger partial charge is 0.00683 e. The van der Waals surface area contributed by atoms with Crippen molar-refractivity contribution in [3.63, 3.8) is 0 Å². The molecule has 0 aromatic carbocycles. The van der Waals surface area contributed by atoms with E-state index in [9.17, 15) is 0 Å². The van der Waals surface area contributed by atoms with Gasteiger partial charge in [-0.1, -0.05) is 20.3 Å². The van der Waals surface area contributed by atoms with Gasteiger partial charge in [0.1, 0.15) is 0 Å². The van der Waals surface area contributed by atoms with Gasteiger partial charge >= 0.3 is 0 Å². The van der Waals surface area contributed by atoms with Crippen molar-refractivity contribution in [3.05, 3.63) is 21.9 Å². The van der Waals surface area contributed by atoms with Crippen molar-refractivity contribution < 1.29 is 0 Å². The van der Waals surface area contributed by atoms with Gasteiger partial charge in [0, 0.05) is 15.8 Å². The lowest BCUT2D eigenvalue weighted by atomic mass is 9.99. The van der Waals surface area contributed by atoms with Crippen LogP contribution < -0.4 is 5.32 Å². The SMILES string of the molecule is CCCC(CNC1CC1)Cc1ccc(CC)s1. The predicted octanol–water partition coefficient (Wildman–Crippen LogP) is 4.02. The van der Waals surface area contributed by atoms with E-state index in [4.69, 9.17) is 0 Å². The minimum absolute atomic E-state index is 0.837. The third-order valence-corrected chi connectivity index (χ3v) is 4.78. The van der Waals surface area contributed by atoms with E-state index in [2.05, 4.69) is 31.3 Å². The summed E-state index contributed by atoms with van der Waals surface area (Å²) >= 11 is 2.01. The summed E-state index contributed by atoms with van der Waals surface area (Å²) in [5.41, 5.74) is 0. The van der Waals surface area contributed by atoms with Crippen LogP contribution in [0.2, 0.25) is 0 Å². The van der Waals surface area contributed by atoms with E-state index in [0.717, 1.165) is 12.0 Å². The molecule has 0 amide bonds. The van der Waals surface area contributed by atoms with Crippen molar-refractivity contribution in [3.8, 4) is 0 Å². The molecule has 1 heterocycles. The lowest BCUT2D eigenvalue weighted by molar-refractivity contribution is 0.439. The van der Waals surface area contributed by atoms with Crippen molar-refractivity contribution in [1.29, 1.82) is 0 Å². The minimum Gasteiger partial charge on any atom is -0.314 e. The number of rotatable bonds is 8. The van der Waals surface area contributed by atoms with Gasteiger partial charge in [-0.2, -0.15) is 0 Å². The Morgan fingerprint density at radius 1 is 1.29 bits per heavy atom. The molecule has 1 aliphatic rings. The minimum atomic E-state index is 0.837. The normalized spacial score (nSPS) is 17.3. The van der Waals surface area contributed by atoms with Gasteiger partial charge in [-0.05, 0) is 56.7 Å². The fraction of sp³-hybridized carbons (Fsp3) is 0.733. The molecule has 0 radical (unpaired) electrons. The lowest BCUT2D eigenvalue weighted by Gasteiger charge is -2.15. The predicted molar refractivity (Wildman–Crippen MR) is 76.8 cm³/mol. The fourth-order valence-electron chi connectivity index (χ4n) is 2.31. The zero-order valence-corrected chi connectivity index (χ0v) is 12.0. The summed E-state index contributed by atoms with van der Waals surface area (Å²) < 4.78 is 0. The molecule has 2 heteroatoms. The molecular formula is C15H25NS. The van der Waals surface area contributed by atoms with Crippen LogP contribution in [-0.4, -0.2) is 12.6 Å². The number of thiophene rings is 1. The molecule has 0 saturated heterocycles. The zero-order chi connectivity index (χ0) is 12.1. The van der Waals surface area contributed by atoms with Gasteiger partial charge in [0.25, 0.3) is 0 Å². The zero-order valence-electron chi connectivity index (χ0n) is 11.2. The summed E-state index contributed by atoms with van der Waals surface area (Å²) in [5.74, 6) is 0.837. The highest BCUT2D eigenvalue weighted by molar-refractivity contribution is 7.11.